The lowest BCUT2D eigenvalue weighted by Crippen LogP contribution is -2.07. The van der Waals surface area contributed by atoms with Crippen LogP contribution in [0.1, 0.15) is 26.7 Å². The highest BCUT2D eigenvalue weighted by Crippen LogP contribution is 2.24. The van der Waals surface area contributed by atoms with Crippen molar-refractivity contribution < 1.29 is 8.42 Å². The molecule has 1 heterocycles. The van der Waals surface area contributed by atoms with Crippen LogP contribution >= 0.6 is 0 Å². The fourth-order valence-corrected chi connectivity index (χ4v) is 3.60. The summed E-state index contributed by atoms with van der Waals surface area (Å²) in [5.41, 5.74) is 0. The lowest BCUT2D eigenvalue weighted by molar-refractivity contribution is 0.446. The molecule has 2 nitrogen and oxygen atoms in total. The Kier molecular flexibility index (Phi) is 2.58. The summed E-state index contributed by atoms with van der Waals surface area (Å²) >= 11 is 0. The van der Waals surface area contributed by atoms with Gasteiger partial charge in [0.05, 0.1) is 11.5 Å². The second-order valence-corrected chi connectivity index (χ2v) is 6.13. The van der Waals surface area contributed by atoms with Crippen molar-refractivity contribution in [2.24, 2.45) is 11.8 Å². The van der Waals surface area contributed by atoms with Gasteiger partial charge >= 0.3 is 0 Å². The van der Waals surface area contributed by atoms with Crippen molar-refractivity contribution in [1.82, 2.24) is 0 Å². The first-order valence-electron chi connectivity index (χ1n) is 4.20. The van der Waals surface area contributed by atoms with Crippen LogP contribution in [-0.4, -0.2) is 19.9 Å². The van der Waals surface area contributed by atoms with E-state index in [1.807, 2.05) is 0 Å². The zero-order valence-electron chi connectivity index (χ0n) is 7.21. The van der Waals surface area contributed by atoms with Crippen LogP contribution in [0.5, 0.6) is 0 Å². The van der Waals surface area contributed by atoms with Crippen LogP contribution in [-0.2, 0) is 9.84 Å². The quantitative estimate of drug-likeness (QED) is 0.638. The fourth-order valence-electron chi connectivity index (χ4n) is 1.72. The molecule has 1 fully saturated rings. The first kappa shape index (κ1) is 9.04. The summed E-state index contributed by atoms with van der Waals surface area (Å²) in [5, 5.41) is 0. The molecule has 0 amide bonds. The minimum Gasteiger partial charge on any atom is -0.229 e. The molecule has 1 aliphatic rings. The van der Waals surface area contributed by atoms with Gasteiger partial charge < -0.3 is 0 Å². The molecular weight excluding hydrogens is 160 g/mol. The van der Waals surface area contributed by atoms with Gasteiger partial charge in [-0.3, -0.25) is 0 Å². The number of sulfone groups is 1. The molecule has 1 aliphatic heterocycles. The third-order valence-electron chi connectivity index (χ3n) is 2.13. The van der Waals surface area contributed by atoms with Gasteiger partial charge in [-0.25, -0.2) is 8.42 Å². The molecule has 0 N–H and O–H groups in total. The molecule has 11 heavy (non-hydrogen) atoms. The van der Waals surface area contributed by atoms with E-state index in [0.29, 0.717) is 23.3 Å². The van der Waals surface area contributed by atoms with E-state index in [-0.39, 0.29) is 0 Å². The fraction of sp³-hybridized carbons (Fsp3) is 1.00. The van der Waals surface area contributed by atoms with Gasteiger partial charge in [0.2, 0.25) is 0 Å². The van der Waals surface area contributed by atoms with Crippen molar-refractivity contribution in [3.8, 4) is 0 Å². The average Bonchev–Trinajstić information content (AvgIpc) is 2.08. The molecule has 0 spiro atoms. The maximum Gasteiger partial charge on any atom is 0.150 e. The monoisotopic (exact) mass is 176 g/mol. The summed E-state index contributed by atoms with van der Waals surface area (Å²) in [6.07, 6.45) is 1.96. The normalized spacial score (nSPS) is 29.5. The number of hydrogen-bond donors (Lipinski definition) is 0. The van der Waals surface area contributed by atoms with Crippen LogP contribution in [0, 0.1) is 11.8 Å². The second kappa shape index (κ2) is 3.13. The minimum absolute atomic E-state index is 0.421. The highest BCUT2D eigenvalue weighted by Gasteiger charge is 2.27. The van der Waals surface area contributed by atoms with E-state index < -0.39 is 9.84 Å². The molecular formula is C8H16O2S. The average molecular weight is 176 g/mol. The van der Waals surface area contributed by atoms with Crippen LogP contribution in [0.4, 0.5) is 0 Å². The van der Waals surface area contributed by atoms with E-state index in [9.17, 15) is 8.42 Å². The van der Waals surface area contributed by atoms with E-state index in [2.05, 4.69) is 13.8 Å². The molecule has 1 unspecified atom stereocenters. The van der Waals surface area contributed by atoms with Crippen molar-refractivity contribution in [1.29, 1.82) is 0 Å². The first-order valence-corrected chi connectivity index (χ1v) is 6.02. The molecule has 0 bridgehead atoms. The van der Waals surface area contributed by atoms with Gasteiger partial charge in [0.1, 0.15) is 0 Å². The first-order chi connectivity index (χ1) is 4.99. The van der Waals surface area contributed by atoms with Gasteiger partial charge in [-0.05, 0) is 24.7 Å². The Morgan fingerprint density at radius 2 is 2.09 bits per heavy atom. The Hall–Kier alpha value is -0.0500. The topological polar surface area (TPSA) is 34.1 Å². The Labute approximate surface area is 68.9 Å². The lowest BCUT2D eigenvalue weighted by Gasteiger charge is -2.09. The van der Waals surface area contributed by atoms with Gasteiger partial charge in [0.25, 0.3) is 0 Å². The van der Waals surface area contributed by atoms with E-state index in [1.165, 1.54) is 0 Å². The maximum absolute atomic E-state index is 11.0. The molecule has 0 aromatic carbocycles. The van der Waals surface area contributed by atoms with E-state index in [1.54, 1.807) is 0 Å². The van der Waals surface area contributed by atoms with Gasteiger partial charge in [-0.1, -0.05) is 13.8 Å². The van der Waals surface area contributed by atoms with Gasteiger partial charge in [-0.2, -0.15) is 0 Å². The Bertz CT molecular complexity index is 216. The Morgan fingerprint density at radius 3 is 2.45 bits per heavy atom. The summed E-state index contributed by atoms with van der Waals surface area (Å²) in [6.45, 7) is 4.29. The van der Waals surface area contributed by atoms with Gasteiger partial charge in [0, 0.05) is 0 Å². The molecule has 3 heteroatoms. The van der Waals surface area contributed by atoms with Crippen molar-refractivity contribution >= 4 is 9.84 Å². The number of rotatable bonds is 2. The van der Waals surface area contributed by atoms with Crippen molar-refractivity contribution in [2.45, 2.75) is 26.7 Å². The SMILES string of the molecule is CC(C)CC1CCS(=O)(=O)C1. The smallest absolute Gasteiger partial charge is 0.150 e. The molecule has 0 saturated carbocycles. The Morgan fingerprint density at radius 1 is 1.45 bits per heavy atom. The van der Waals surface area contributed by atoms with Crippen molar-refractivity contribution in [3.05, 3.63) is 0 Å². The molecule has 1 atom stereocenters. The zero-order chi connectivity index (χ0) is 8.48. The highest BCUT2D eigenvalue weighted by atomic mass is 32.2. The molecule has 0 aromatic rings. The van der Waals surface area contributed by atoms with Crippen LogP contribution < -0.4 is 0 Å². The lowest BCUT2D eigenvalue weighted by atomic mass is 9.97. The van der Waals surface area contributed by atoms with E-state index in [4.69, 9.17) is 0 Å². The molecule has 0 aromatic heterocycles. The van der Waals surface area contributed by atoms with Crippen molar-refractivity contribution in [2.75, 3.05) is 11.5 Å². The highest BCUT2D eigenvalue weighted by molar-refractivity contribution is 7.91. The van der Waals surface area contributed by atoms with Crippen molar-refractivity contribution in [3.63, 3.8) is 0 Å². The molecule has 66 valence electrons. The third kappa shape index (κ3) is 2.81. The molecule has 0 radical (unpaired) electrons. The summed E-state index contributed by atoms with van der Waals surface area (Å²) < 4.78 is 22.0. The van der Waals surface area contributed by atoms with Gasteiger partial charge in [0.15, 0.2) is 9.84 Å². The predicted molar refractivity (Wildman–Crippen MR) is 46.2 cm³/mol. The summed E-state index contributed by atoms with van der Waals surface area (Å²) in [5.74, 6) is 1.93. The summed E-state index contributed by atoms with van der Waals surface area (Å²) in [4.78, 5) is 0. The summed E-state index contributed by atoms with van der Waals surface area (Å²) in [7, 11) is -2.64. The van der Waals surface area contributed by atoms with Crippen LogP contribution in [0.2, 0.25) is 0 Å². The maximum atomic E-state index is 11.0. The van der Waals surface area contributed by atoms with Crippen LogP contribution in [0.15, 0.2) is 0 Å². The standard InChI is InChI=1S/C8H16O2S/c1-7(2)5-8-3-4-11(9,10)6-8/h7-8H,3-6H2,1-2H3. The van der Waals surface area contributed by atoms with Crippen LogP contribution in [0.25, 0.3) is 0 Å². The van der Waals surface area contributed by atoms with E-state index >= 15 is 0 Å². The Balaban J connectivity index is 2.43. The van der Waals surface area contributed by atoms with Gasteiger partial charge in [-0.15, -0.1) is 0 Å². The number of hydrogen-bond acceptors (Lipinski definition) is 2. The second-order valence-electron chi connectivity index (χ2n) is 3.90. The molecule has 1 rings (SSSR count). The molecule has 1 saturated heterocycles. The zero-order valence-corrected chi connectivity index (χ0v) is 8.02. The van der Waals surface area contributed by atoms with E-state index in [0.717, 1.165) is 12.8 Å². The predicted octanol–water partition coefficient (Wildman–Crippen LogP) is 1.47. The largest absolute Gasteiger partial charge is 0.229 e. The summed E-state index contributed by atoms with van der Waals surface area (Å²) in [6, 6.07) is 0. The van der Waals surface area contributed by atoms with Crippen LogP contribution in [0.3, 0.4) is 0 Å². The molecule has 0 aliphatic carbocycles. The minimum atomic E-state index is -2.64. The third-order valence-corrected chi connectivity index (χ3v) is 3.97.